The number of nitrogens with zero attached hydrogens (tertiary/aromatic N) is 1. The van der Waals surface area contributed by atoms with E-state index in [0.717, 1.165) is 19.4 Å². The zero-order valence-electron chi connectivity index (χ0n) is 9.27. The minimum Gasteiger partial charge on any atom is -0.316 e. The maximum atomic E-state index is 12.6. The van der Waals surface area contributed by atoms with Crippen LogP contribution in [-0.2, 0) is 0 Å². The van der Waals surface area contributed by atoms with E-state index in [9.17, 15) is 13.2 Å². The number of halogens is 3. The van der Waals surface area contributed by atoms with Crippen molar-refractivity contribution in [3.63, 3.8) is 0 Å². The molecule has 0 aromatic carbocycles. The largest absolute Gasteiger partial charge is 0.460 e. The number of nitrogens with one attached hydrogen (secondary N) is 1. The summed E-state index contributed by atoms with van der Waals surface area (Å²) in [4.78, 5) is 0.630. The number of hydrogen-bond donors (Lipinski definition) is 1. The standard InChI is InChI=1S/C10H19F3N2/c1-8(2)15(10(11,12)13)7-9-4-3-5-14-6-9/h8-9,14H,3-7H2,1-2H3/t9-/m1/s1. The lowest BCUT2D eigenvalue weighted by Crippen LogP contribution is -2.48. The average Bonchev–Trinajstić information content (AvgIpc) is 2.13. The number of rotatable bonds is 3. The molecule has 1 N–H and O–H groups in total. The van der Waals surface area contributed by atoms with Gasteiger partial charge in [0.1, 0.15) is 0 Å². The van der Waals surface area contributed by atoms with E-state index < -0.39 is 12.3 Å². The molecule has 0 spiro atoms. The first-order valence-electron chi connectivity index (χ1n) is 5.45. The molecular weight excluding hydrogens is 205 g/mol. The molecule has 0 radical (unpaired) electrons. The van der Waals surface area contributed by atoms with Gasteiger partial charge in [-0.2, -0.15) is 13.2 Å². The van der Waals surface area contributed by atoms with E-state index in [1.54, 1.807) is 13.8 Å². The molecule has 1 rings (SSSR count). The van der Waals surface area contributed by atoms with E-state index in [1.807, 2.05) is 0 Å². The van der Waals surface area contributed by atoms with Crippen LogP contribution in [0.1, 0.15) is 26.7 Å². The molecule has 15 heavy (non-hydrogen) atoms. The molecule has 1 atom stereocenters. The maximum Gasteiger partial charge on any atom is 0.460 e. The van der Waals surface area contributed by atoms with Gasteiger partial charge in [0.2, 0.25) is 0 Å². The second-order valence-corrected chi connectivity index (χ2v) is 4.43. The first-order valence-corrected chi connectivity index (χ1v) is 5.45. The van der Waals surface area contributed by atoms with E-state index in [0.29, 0.717) is 11.4 Å². The summed E-state index contributed by atoms with van der Waals surface area (Å²) in [5.74, 6) is 0.128. The van der Waals surface area contributed by atoms with Gasteiger partial charge in [0.05, 0.1) is 0 Å². The first kappa shape index (κ1) is 12.8. The second-order valence-electron chi connectivity index (χ2n) is 4.43. The molecule has 0 saturated carbocycles. The summed E-state index contributed by atoms with van der Waals surface area (Å²) in [5, 5.41) is 3.14. The van der Waals surface area contributed by atoms with E-state index in [2.05, 4.69) is 5.32 Å². The van der Waals surface area contributed by atoms with Crippen LogP contribution >= 0.6 is 0 Å². The normalized spacial score (nSPS) is 23.8. The van der Waals surface area contributed by atoms with Crippen LogP contribution in [0.3, 0.4) is 0 Å². The van der Waals surface area contributed by atoms with Gasteiger partial charge in [-0.15, -0.1) is 0 Å². The third-order valence-electron chi connectivity index (χ3n) is 2.80. The number of hydrogen-bond acceptors (Lipinski definition) is 2. The Hall–Kier alpha value is -0.290. The van der Waals surface area contributed by atoms with Crippen molar-refractivity contribution in [2.45, 2.75) is 39.0 Å². The molecule has 1 fully saturated rings. The van der Waals surface area contributed by atoms with Gasteiger partial charge in [-0.25, -0.2) is 4.90 Å². The fraction of sp³-hybridized carbons (Fsp3) is 1.00. The van der Waals surface area contributed by atoms with E-state index in [1.165, 1.54) is 0 Å². The van der Waals surface area contributed by atoms with Crippen molar-refractivity contribution < 1.29 is 13.2 Å². The summed E-state index contributed by atoms with van der Waals surface area (Å²) in [7, 11) is 0. The first-order chi connectivity index (χ1) is 6.91. The molecule has 1 aliphatic heterocycles. The van der Waals surface area contributed by atoms with Crippen molar-refractivity contribution in [1.82, 2.24) is 10.2 Å². The smallest absolute Gasteiger partial charge is 0.316 e. The van der Waals surface area contributed by atoms with E-state index in [-0.39, 0.29) is 12.5 Å². The maximum absolute atomic E-state index is 12.6. The van der Waals surface area contributed by atoms with E-state index >= 15 is 0 Å². The topological polar surface area (TPSA) is 15.3 Å². The van der Waals surface area contributed by atoms with Gasteiger partial charge in [0.25, 0.3) is 0 Å². The molecule has 5 heteroatoms. The van der Waals surface area contributed by atoms with Gasteiger partial charge in [0.15, 0.2) is 0 Å². The van der Waals surface area contributed by atoms with Crippen molar-refractivity contribution in [3.8, 4) is 0 Å². The minimum absolute atomic E-state index is 0.119. The highest BCUT2D eigenvalue weighted by Gasteiger charge is 2.39. The summed E-state index contributed by atoms with van der Waals surface area (Å²) >= 11 is 0. The van der Waals surface area contributed by atoms with Crippen LogP contribution in [0.2, 0.25) is 0 Å². The molecule has 2 nitrogen and oxygen atoms in total. The van der Waals surface area contributed by atoms with Gasteiger partial charge in [0, 0.05) is 12.6 Å². The molecule has 0 aromatic heterocycles. The lowest BCUT2D eigenvalue weighted by Gasteiger charge is -2.33. The lowest BCUT2D eigenvalue weighted by atomic mass is 9.99. The zero-order chi connectivity index (χ0) is 11.5. The van der Waals surface area contributed by atoms with Gasteiger partial charge >= 0.3 is 6.30 Å². The van der Waals surface area contributed by atoms with Crippen LogP contribution in [0.15, 0.2) is 0 Å². The predicted molar refractivity (Wildman–Crippen MR) is 53.5 cm³/mol. The summed E-state index contributed by atoms with van der Waals surface area (Å²) in [6, 6.07) is -0.480. The van der Waals surface area contributed by atoms with Crippen LogP contribution in [-0.4, -0.2) is 36.9 Å². The van der Waals surface area contributed by atoms with Crippen LogP contribution < -0.4 is 5.32 Å². The highest BCUT2D eigenvalue weighted by atomic mass is 19.4. The zero-order valence-corrected chi connectivity index (χ0v) is 9.27. The molecule has 0 amide bonds. The average molecular weight is 224 g/mol. The third kappa shape index (κ3) is 3.99. The summed E-state index contributed by atoms with van der Waals surface area (Å²) < 4.78 is 37.9. The quantitative estimate of drug-likeness (QED) is 0.739. The predicted octanol–water partition coefficient (Wildman–Crippen LogP) is 2.22. The lowest BCUT2D eigenvalue weighted by molar-refractivity contribution is -0.258. The van der Waals surface area contributed by atoms with Crippen LogP contribution in [0.4, 0.5) is 13.2 Å². The monoisotopic (exact) mass is 224 g/mol. The van der Waals surface area contributed by atoms with Crippen molar-refractivity contribution >= 4 is 0 Å². The van der Waals surface area contributed by atoms with Crippen LogP contribution in [0.25, 0.3) is 0 Å². The minimum atomic E-state index is -4.20. The second kappa shape index (κ2) is 5.16. The SMILES string of the molecule is CC(C)N(C[C@@H]1CCCNC1)C(F)(F)F. The van der Waals surface area contributed by atoms with Crippen molar-refractivity contribution in [2.24, 2.45) is 5.92 Å². The molecule has 1 aliphatic rings. The molecule has 1 saturated heterocycles. The molecule has 0 aromatic rings. The molecule has 1 heterocycles. The summed E-state index contributed by atoms with van der Waals surface area (Å²) in [6.07, 6.45) is -2.33. The van der Waals surface area contributed by atoms with Crippen molar-refractivity contribution in [2.75, 3.05) is 19.6 Å². The number of piperidine rings is 1. The highest BCUT2D eigenvalue weighted by molar-refractivity contribution is 4.75. The molecule has 0 unspecified atom stereocenters. The molecular formula is C10H19F3N2. The van der Waals surface area contributed by atoms with Crippen LogP contribution in [0, 0.1) is 5.92 Å². The Balaban J connectivity index is 2.50. The Bertz CT molecular complexity index is 186. The van der Waals surface area contributed by atoms with Gasteiger partial charge < -0.3 is 5.32 Å². The molecule has 0 aliphatic carbocycles. The Morgan fingerprint density at radius 3 is 2.47 bits per heavy atom. The fourth-order valence-corrected chi connectivity index (χ4v) is 1.97. The van der Waals surface area contributed by atoms with Crippen molar-refractivity contribution in [1.29, 1.82) is 0 Å². The summed E-state index contributed by atoms with van der Waals surface area (Å²) in [6.45, 7) is 4.94. The Kier molecular flexibility index (Phi) is 4.40. The Morgan fingerprint density at radius 2 is 2.07 bits per heavy atom. The van der Waals surface area contributed by atoms with E-state index in [4.69, 9.17) is 0 Å². The van der Waals surface area contributed by atoms with Crippen molar-refractivity contribution in [3.05, 3.63) is 0 Å². The molecule has 90 valence electrons. The van der Waals surface area contributed by atoms with Gasteiger partial charge in [-0.05, 0) is 45.7 Å². The molecule has 0 bridgehead atoms. The Labute approximate surface area is 88.8 Å². The number of alkyl halides is 3. The van der Waals surface area contributed by atoms with Crippen LogP contribution in [0.5, 0.6) is 0 Å². The third-order valence-corrected chi connectivity index (χ3v) is 2.80. The highest BCUT2D eigenvalue weighted by Crippen LogP contribution is 2.26. The van der Waals surface area contributed by atoms with Gasteiger partial charge in [-0.3, -0.25) is 0 Å². The van der Waals surface area contributed by atoms with Gasteiger partial charge in [-0.1, -0.05) is 0 Å². The fourth-order valence-electron chi connectivity index (χ4n) is 1.97. The summed E-state index contributed by atoms with van der Waals surface area (Å²) in [5.41, 5.74) is 0. The Morgan fingerprint density at radius 1 is 1.40 bits per heavy atom.